The van der Waals surface area contributed by atoms with Gasteiger partial charge in [0.1, 0.15) is 0 Å². The van der Waals surface area contributed by atoms with Crippen molar-refractivity contribution in [3.05, 3.63) is 59.4 Å². The molecule has 0 saturated heterocycles. The van der Waals surface area contributed by atoms with E-state index in [4.69, 9.17) is 4.84 Å². The van der Waals surface area contributed by atoms with Crippen LogP contribution in [-0.2, 0) is 11.3 Å². The van der Waals surface area contributed by atoms with Gasteiger partial charge in [0.15, 0.2) is 6.29 Å². The van der Waals surface area contributed by atoms with Gasteiger partial charge in [-0.3, -0.25) is 9.59 Å². The summed E-state index contributed by atoms with van der Waals surface area (Å²) in [5, 5.41) is 10.4. The number of hydroxylamine groups is 2. The molecule has 1 unspecified atom stereocenters. The fourth-order valence-electron chi connectivity index (χ4n) is 2.11. The minimum atomic E-state index is -1.27. The van der Waals surface area contributed by atoms with Crippen molar-refractivity contribution in [2.45, 2.75) is 12.7 Å². The maximum atomic E-state index is 12.0. The lowest BCUT2D eigenvalue weighted by atomic mass is 10.1. The lowest BCUT2D eigenvalue weighted by Gasteiger charge is -2.17. The van der Waals surface area contributed by atoms with Gasteiger partial charge in [0.2, 0.25) is 0 Å². The van der Waals surface area contributed by atoms with Crippen LogP contribution in [0.3, 0.4) is 0 Å². The van der Waals surface area contributed by atoms with Gasteiger partial charge >= 0.3 is 0 Å². The summed E-state index contributed by atoms with van der Waals surface area (Å²) in [5.74, 6) is -1.11. The highest BCUT2D eigenvalue weighted by Gasteiger charge is 2.37. The van der Waals surface area contributed by atoms with Gasteiger partial charge in [-0.05, 0) is 23.8 Å². The molecular formula is C14H12N2O4. The number of hydrogen-bond donors (Lipinski definition) is 2. The number of carbonyl (C=O) groups excluding carboxylic acids is 2. The summed E-state index contributed by atoms with van der Waals surface area (Å²) < 4.78 is 0. The molecule has 2 N–H and O–H groups in total. The van der Waals surface area contributed by atoms with Crippen LogP contribution in [0.4, 0.5) is 0 Å². The quantitative estimate of drug-likeness (QED) is 0.645. The molecular weight excluding hydrogens is 260 g/mol. The van der Waals surface area contributed by atoms with Crippen LogP contribution in [0, 0.1) is 0 Å². The van der Waals surface area contributed by atoms with E-state index in [1.807, 2.05) is 0 Å². The molecule has 0 aliphatic carbocycles. The molecule has 0 radical (unpaired) electrons. The molecule has 1 atom stereocenters. The maximum absolute atomic E-state index is 12.0. The van der Waals surface area contributed by atoms with E-state index < -0.39 is 18.1 Å². The summed E-state index contributed by atoms with van der Waals surface area (Å²) in [6, 6.07) is 8.22. The summed E-state index contributed by atoms with van der Waals surface area (Å²) in [7, 11) is 0. The number of imide groups is 1. The van der Waals surface area contributed by atoms with E-state index in [0.29, 0.717) is 5.06 Å². The van der Waals surface area contributed by atoms with E-state index in [2.05, 4.69) is 4.98 Å². The van der Waals surface area contributed by atoms with Crippen molar-refractivity contribution < 1.29 is 19.5 Å². The van der Waals surface area contributed by atoms with Crippen molar-refractivity contribution in [3.8, 4) is 0 Å². The van der Waals surface area contributed by atoms with E-state index in [-0.39, 0.29) is 17.5 Å². The van der Waals surface area contributed by atoms with Crippen molar-refractivity contribution in [1.82, 2.24) is 10.0 Å². The lowest BCUT2D eigenvalue weighted by molar-refractivity contribution is -0.210. The number of rotatable bonds is 4. The summed E-state index contributed by atoms with van der Waals surface area (Å²) in [6.07, 6.45) is 2.32. The van der Waals surface area contributed by atoms with Crippen LogP contribution in [0.5, 0.6) is 0 Å². The van der Waals surface area contributed by atoms with Crippen molar-refractivity contribution in [2.24, 2.45) is 0 Å². The highest BCUT2D eigenvalue weighted by molar-refractivity contribution is 6.20. The largest absolute Gasteiger partial charge is 0.367 e. The number of carbonyl (C=O) groups is 2. The van der Waals surface area contributed by atoms with Crippen molar-refractivity contribution in [2.75, 3.05) is 0 Å². The van der Waals surface area contributed by atoms with E-state index >= 15 is 0 Å². The fraction of sp³-hybridized carbons (Fsp3) is 0.143. The third-order valence-corrected chi connectivity index (χ3v) is 3.06. The zero-order valence-electron chi connectivity index (χ0n) is 10.4. The molecule has 2 amide bonds. The number of aromatic nitrogens is 1. The first-order chi connectivity index (χ1) is 9.66. The number of amides is 2. The standard InChI is InChI=1S/C14H12N2O4/c17-12(7-9-5-6-15-8-9)20-16-13(18)10-3-1-2-4-11(10)14(16)19/h1-6,8,12,15,17H,7H2. The minimum absolute atomic E-state index is 0.177. The van der Waals surface area contributed by atoms with Gasteiger partial charge in [0.25, 0.3) is 11.8 Å². The molecule has 6 heteroatoms. The Morgan fingerprint density at radius 3 is 2.35 bits per heavy atom. The van der Waals surface area contributed by atoms with Crippen molar-refractivity contribution in [3.63, 3.8) is 0 Å². The molecule has 6 nitrogen and oxygen atoms in total. The predicted molar refractivity (Wildman–Crippen MR) is 68.5 cm³/mol. The number of aromatic amines is 1. The molecule has 1 aromatic carbocycles. The first kappa shape index (κ1) is 12.6. The molecule has 1 aliphatic rings. The second kappa shape index (κ2) is 4.92. The van der Waals surface area contributed by atoms with Gasteiger partial charge in [-0.1, -0.05) is 12.1 Å². The number of H-pyrrole nitrogens is 1. The number of aliphatic hydroxyl groups excluding tert-OH is 1. The van der Waals surface area contributed by atoms with Crippen LogP contribution in [0.15, 0.2) is 42.7 Å². The van der Waals surface area contributed by atoms with Gasteiger partial charge in [0, 0.05) is 18.8 Å². The number of nitrogens with zero attached hydrogens (tertiary/aromatic N) is 1. The highest BCUT2D eigenvalue weighted by Crippen LogP contribution is 2.23. The zero-order valence-corrected chi connectivity index (χ0v) is 10.4. The molecule has 0 bridgehead atoms. The topological polar surface area (TPSA) is 82.6 Å². The Bertz CT molecular complexity index is 616. The van der Waals surface area contributed by atoms with Gasteiger partial charge in [0.05, 0.1) is 11.1 Å². The fourth-order valence-corrected chi connectivity index (χ4v) is 2.11. The Balaban J connectivity index is 1.73. The lowest BCUT2D eigenvalue weighted by Crippen LogP contribution is -2.35. The normalized spacial score (nSPS) is 15.6. The van der Waals surface area contributed by atoms with E-state index in [0.717, 1.165) is 5.56 Å². The third kappa shape index (κ3) is 2.11. The molecule has 0 spiro atoms. The average Bonchev–Trinajstić information content (AvgIpc) is 3.03. The number of hydrogen-bond acceptors (Lipinski definition) is 4. The van der Waals surface area contributed by atoms with E-state index in [1.165, 1.54) is 0 Å². The Kier molecular flexibility index (Phi) is 3.09. The van der Waals surface area contributed by atoms with E-state index in [1.54, 1.807) is 42.7 Å². The van der Waals surface area contributed by atoms with Crippen LogP contribution in [0.25, 0.3) is 0 Å². The Morgan fingerprint density at radius 1 is 1.15 bits per heavy atom. The third-order valence-electron chi connectivity index (χ3n) is 3.06. The molecule has 102 valence electrons. The molecule has 1 aliphatic heterocycles. The van der Waals surface area contributed by atoms with Crippen LogP contribution in [0.2, 0.25) is 0 Å². The predicted octanol–water partition coefficient (Wildman–Crippen LogP) is 1.10. The van der Waals surface area contributed by atoms with Crippen LogP contribution >= 0.6 is 0 Å². The first-order valence-electron chi connectivity index (χ1n) is 6.11. The molecule has 20 heavy (non-hydrogen) atoms. The second-order valence-corrected chi connectivity index (χ2v) is 4.43. The van der Waals surface area contributed by atoms with Crippen LogP contribution in [0.1, 0.15) is 26.3 Å². The molecule has 2 heterocycles. The molecule has 3 rings (SSSR count). The van der Waals surface area contributed by atoms with Gasteiger partial charge in [-0.15, -0.1) is 5.06 Å². The van der Waals surface area contributed by atoms with Crippen LogP contribution < -0.4 is 0 Å². The summed E-state index contributed by atoms with van der Waals surface area (Å²) in [6.45, 7) is 0. The summed E-state index contributed by atoms with van der Waals surface area (Å²) in [4.78, 5) is 31.9. The van der Waals surface area contributed by atoms with Gasteiger partial charge in [-0.2, -0.15) is 0 Å². The summed E-state index contributed by atoms with van der Waals surface area (Å²) >= 11 is 0. The minimum Gasteiger partial charge on any atom is -0.367 e. The SMILES string of the molecule is O=C1c2ccccc2C(=O)N1OC(O)Cc1cc[nH]c1. The Hall–Kier alpha value is -2.44. The number of fused-ring (bicyclic) bond motifs is 1. The molecule has 0 fully saturated rings. The molecule has 1 aromatic heterocycles. The van der Waals surface area contributed by atoms with Crippen molar-refractivity contribution in [1.29, 1.82) is 0 Å². The summed E-state index contributed by atoms with van der Waals surface area (Å²) in [5.41, 5.74) is 1.38. The number of aliphatic hydroxyl groups is 1. The monoisotopic (exact) mass is 272 g/mol. The first-order valence-corrected chi connectivity index (χ1v) is 6.11. The highest BCUT2D eigenvalue weighted by atomic mass is 16.8. The second-order valence-electron chi connectivity index (χ2n) is 4.43. The molecule has 0 saturated carbocycles. The van der Waals surface area contributed by atoms with Gasteiger partial charge < -0.3 is 10.1 Å². The van der Waals surface area contributed by atoms with Crippen molar-refractivity contribution >= 4 is 11.8 Å². The average molecular weight is 272 g/mol. The smallest absolute Gasteiger partial charge is 0.285 e. The molecule has 2 aromatic rings. The Morgan fingerprint density at radius 2 is 1.80 bits per heavy atom. The van der Waals surface area contributed by atoms with Gasteiger partial charge in [-0.25, -0.2) is 4.84 Å². The van der Waals surface area contributed by atoms with E-state index in [9.17, 15) is 14.7 Å². The van der Waals surface area contributed by atoms with Crippen LogP contribution in [-0.4, -0.2) is 33.3 Å². The zero-order chi connectivity index (χ0) is 14.1. The number of benzene rings is 1. The Labute approximate surface area is 114 Å². The number of nitrogens with one attached hydrogen (secondary N) is 1. The maximum Gasteiger partial charge on any atom is 0.285 e.